The number of rotatable bonds is 55. The maximum Gasteiger partial charge on any atom is 0.472 e. The van der Waals surface area contributed by atoms with Crippen molar-refractivity contribution >= 4 is 19.7 Å². The van der Waals surface area contributed by atoms with Crippen LogP contribution in [-0.4, -0.2) is 74.3 Å². The Kier molecular flexibility index (Phi) is 53.5. The van der Waals surface area contributed by atoms with Gasteiger partial charge in [0.05, 0.1) is 33.8 Å². The number of carbonyl (C=O) groups is 2. The fraction of sp³-hybridized carbons (Fsp3) is 0.701. The molecule has 10 heteroatoms. The fourth-order valence-electron chi connectivity index (χ4n) is 8.39. The van der Waals surface area contributed by atoms with Gasteiger partial charge in [0.1, 0.15) is 19.3 Å². The average molecular weight is 1090 g/mol. The molecule has 9 nitrogen and oxygen atoms in total. The Morgan fingerprint density at radius 3 is 1.30 bits per heavy atom. The summed E-state index contributed by atoms with van der Waals surface area (Å²) >= 11 is 0. The smallest absolute Gasteiger partial charge is 0.456 e. The first kappa shape index (κ1) is 73.7. The van der Waals surface area contributed by atoms with E-state index < -0.39 is 20.0 Å². The number of nitrogens with zero attached hydrogens (tertiary/aromatic N) is 1. The quantitative estimate of drug-likeness (QED) is 0.0205. The number of nitrogens with one attached hydrogen (secondary N) is 1. The molecule has 0 rings (SSSR count). The van der Waals surface area contributed by atoms with Crippen molar-refractivity contribution in [1.29, 1.82) is 0 Å². The van der Waals surface area contributed by atoms with Gasteiger partial charge in [0.15, 0.2) is 0 Å². The Hall–Kier alpha value is -3.33. The number of amides is 1. The first-order chi connectivity index (χ1) is 37.4. The topological polar surface area (TPSA) is 111 Å². The summed E-state index contributed by atoms with van der Waals surface area (Å²) in [5, 5.41) is 3.04. The summed E-state index contributed by atoms with van der Waals surface area (Å²) in [6.45, 7) is 6.82. The molecule has 77 heavy (non-hydrogen) atoms. The van der Waals surface area contributed by atoms with Gasteiger partial charge in [-0.15, -0.1) is 0 Å². The van der Waals surface area contributed by atoms with E-state index in [4.69, 9.17) is 13.8 Å². The Balaban J connectivity index is 5.26. The number of ether oxygens (including phenoxy) is 1. The van der Waals surface area contributed by atoms with Gasteiger partial charge in [-0.1, -0.05) is 240 Å². The van der Waals surface area contributed by atoms with E-state index >= 15 is 0 Å². The number of phosphoric acid groups is 1. The van der Waals surface area contributed by atoms with Crippen LogP contribution in [0, 0.1) is 0 Å². The van der Waals surface area contributed by atoms with Gasteiger partial charge in [-0.3, -0.25) is 18.6 Å². The molecule has 0 spiro atoms. The molecule has 0 radical (unpaired) electrons. The highest BCUT2D eigenvalue weighted by Crippen LogP contribution is 2.43. The van der Waals surface area contributed by atoms with Crippen LogP contribution in [0.1, 0.15) is 252 Å². The molecule has 0 heterocycles. The summed E-state index contributed by atoms with van der Waals surface area (Å²) in [6.07, 6.45) is 76.7. The summed E-state index contributed by atoms with van der Waals surface area (Å²) in [7, 11) is 1.45. The van der Waals surface area contributed by atoms with E-state index in [2.05, 4.69) is 123 Å². The van der Waals surface area contributed by atoms with Crippen LogP contribution in [0.15, 0.2) is 109 Å². The van der Waals surface area contributed by atoms with Gasteiger partial charge in [-0.05, 0) is 109 Å². The number of likely N-dealkylation sites (N-methyl/N-ethyl adjacent to an activating group) is 1. The number of carbonyl (C=O) groups excluding carboxylic acids is 2. The van der Waals surface area contributed by atoms with Crippen LogP contribution in [0.2, 0.25) is 0 Å². The lowest BCUT2D eigenvalue weighted by Gasteiger charge is -2.27. The molecule has 0 aliphatic heterocycles. The van der Waals surface area contributed by atoms with Crippen molar-refractivity contribution in [2.75, 3.05) is 40.9 Å². The van der Waals surface area contributed by atoms with E-state index in [0.717, 1.165) is 103 Å². The van der Waals surface area contributed by atoms with Crippen LogP contribution in [0.5, 0.6) is 0 Å². The molecule has 0 aliphatic rings. The van der Waals surface area contributed by atoms with Crippen molar-refractivity contribution in [3.8, 4) is 0 Å². The molecule has 3 atom stereocenters. The number of hydrogen-bond acceptors (Lipinski definition) is 6. The summed E-state index contributed by atoms with van der Waals surface area (Å²) in [5.41, 5.74) is 0. The average Bonchev–Trinajstić information content (AvgIpc) is 3.39. The standard InChI is InChI=1S/C67H117N2O7P/c1-7-10-13-16-19-22-25-27-29-31-32-33-34-35-36-38-39-41-44-47-50-53-56-59-66(70)68-64(63-75-77(72,73)74-62-61-69(4,5)6)65(58-55-52-49-46-43-24-21-18-15-12-9-3)76-67(71)60-57-54-51-48-45-42-40-37-30-28-26-23-20-17-14-11-8-2/h11,14,19-20,22-23,27-30,32-33,40,42,48,51,55,58,64-65H,7-10,12-13,15-18,21,24-26,31,34-39,41,43-47,49-50,52-54,56-57,59-63H2,1-6H3,(H-,68,70,72,73)/p+1/b14-11-,22-19-,23-20-,29-27-,30-28-,33-32-,42-40-,51-48-,58-55-. The molecule has 0 fully saturated rings. The number of quaternary nitrogens is 1. The number of unbranched alkanes of at least 4 members (excludes halogenated alkanes) is 23. The highest BCUT2D eigenvalue weighted by molar-refractivity contribution is 7.47. The van der Waals surface area contributed by atoms with Gasteiger partial charge < -0.3 is 19.4 Å². The Labute approximate surface area is 474 Å². The minimum Gasteiger partial charge on any atom is -0.456 e. The lowest BCUT2D eigenvalue weighted by atomic mass is 10.0. The van der Waals surface area contributed by atoms with E-state index in [-0.39, 0.29) is 31.5 Å². The van der Waals surface area contributed by atoms with Crippen molar-refractivity contribution in [3.05, 3.63) is 109 Å². The van der Waals surface area contributed by atoms with Gasteiger partial charge in [-0.25, -0.2) is 4.57 Å². The SMILES string of the molecule is CC/C=C\C/C=C\C/C=C\C/C=C\C/C=C\CCCC(=O)OC(/C=C\CCCCCCCCCCC)C(COP(=O)(O)OCC[N+](C)(C)C)NC(=O)CCCCCCCCCCCC/C=C\C/C=C\C/C=C\CCCCC. The highest BCUT2D eigenvalue weighted by atomic mass is 31.2. The lowest BCUT2D eigenvalue weighted by Crippen LogP contribution is -2.47. The zero-order chi connectivity index (χ0) is 56.4. The maximum absolute atomic E-state index is 13.5. The van der Waals surface area contributed by atoms with Crippen LogP contribution in [-0.2, 0) is 27.9 Å². The zero-order valence-electron chi connectivity index (χ0n) is 50.4. The van der Waals surface area contributed by atoms with Crippen LogP contribution < -0.4 is 5.32 Å². The van der Waals surface area contributed by atoms with Crippen molar-refractivity contribution < 1.29 is 37.3 Å². The number of phosphoric ester groups is 1. The Bertz CT molecular complexity index is 1690. The monoisotopic (exact) mass is 1090 g/mol. The zero-order valence-corrected chi connectivity index (χ0v) is 51.3. The van der Waals surface area contributed by atoms with E-state index in [1.54, 1.807) is 0 Å². The predicted octanol–water partition coefficient (Wildman–Crippen LogP) is 19.3. The van der Waals surface area contributed by atoms with Crippen molar-refractivity contribution in [1.82, 2.24) is 5.32 Å². The van der Waals surface area contributed by atoms with Gasteiger partial charge in [0, 0.05) is 12.8 Å². The minimum atomic E-state index is -4.47. The lowest BCUT2D eigenvalue weighted by molar-refractivity contribution is -0.870. The number of allylic oxidation sites excluding steroid dienone is 17. The van der Waals surface area contributed by atoms with E-state index in [1.165, 1.54) is 109 Å². The van der Waals surface area contributed by atoms with Crippen LogP contribution in [0.3, 0.4) is 0 Å². The third kappa shape index (κ3) is 57.2. The summed E-state index contributed by atoms with van der Waals surface area (Å²) in [4.78, 5) is 37.7. The van der Waals surface area contributed by atoms with Gasteiger partial charge in [-0.2, -0.15) is 0 Å². The third-order valence-electron chi connectivity index (χ3n) is 13.2. The number of esters is 1. The predicted molar refractivity (Wildman–Crippen MR) is 332 cm³/mol. The molecule has 0 aliphatic carbocycles. The fourth-order valence-corrected chi connectivity index (χ4v) is 9.13. The normalized spacial score (nSPS) is 14.4. The molecule has 442 valence electrons. The second-order valence-electron chi connectivity index (χ2n) is 21.8. The molecule has 0 saturated carbocycles. The van der Waals surface area contributed by atoms with Crippen LogP contribution in [0.25, 0.3) is 0 Å². The maximum atomic E-state index is 13.5. The minimum absolute atomic E-state index is 0.0254. The molecular weight excluding hydrogens is 976 g/mol. The van der Waals surface area contributed by atoms with Crippen LogP contribution >= 0.6 is 7.82 Å². The van der Waals surface area contributed by atoms with E-state index in [9.17, 15) is 19.0 Å². The van der Waals surface area contributed by atoms with Gasteiger partial charge >= 0.3 is 13.8 Å². The summed E-state index contributed by atoms with van der Waals surface area (Å²) < 4.78 is 30.6. The Morgan fingerprint density at radius 1 is 0.468 bits per heavy atom. The molecule has 0 aromatic rings. The molecule has 0 saturated heterocycles. The van der Waals surface area contributed by atoms with Gasteiger partial charge in [0.2, 0.25) is 5.91 Å². The van der Waals surface area contributed by atoms with Gasteiger partial charge in [0.25, 0.3) is 0 Å². The van der Waals surface area contributed by atoms with E-state index in [1.807, 2.05) is 33.3 Å². The Morgan fingerprint density at radius 2 is 0.844 bits per heavy atom. The molecule has 0 aromatic carbocycles. The van der Waals surface area contributed by atoms with Crippen molar-refractivity contribution in [3.63, 3.8) is 0 Å². The third-order valence-corrected chi connectivity index (χ3v) is 14.2. The van der Waals surface area contributed by atoms with Crippen LogP contribution in [0.4, 0.5) is 0 Å². The van der Waals surface area contributed by atoms with Crippen molar-refractivity contribution in [2.24, 2.45) is 0 Å². The second-order valence-corrected chi connectivity index (χ2v) is 23.3. The van der Waals surface area contributed by atoms with Crippen molar-refractivity contribution in [2.45, 2.75) is 264 Å². The molecular formula is C67H118N2O7P+. The second kappa shape index (κ2) is 56.0. The molecule has 3 unspecified atom stereocenters. The summed E-state index contributed by atoms with van der Waals surface area (Å²) in [5.74, 6) is -0.583. The largest absolute Gasteiger partial charge is 0.472 e. The number of hydrogen-bond donors (Lipinski definition) is 2. The first-order valence-corrected chi connectivity index (χ1v) is 32.7. The molecule has 0 bridgehead atoms. The molecule has 1 amide bonds. The van der Waals surface area contributed by atoms with E-state index in [0.29, 0.717) is 23.9 Å². The molecule has 0 aromatic heterocycles. The first-order valence-electron chi connectivity index (χ1n) is 31.2. The summed E-state index contributed by atoms with van der Waals surface area (Å²) in [6, 6.07) is -0.880. The highest BCUT2D eigenvalue weighted by Gasteiger charge is 2.30. The molecule has 2 N–H and O–H groups in total.